The van der Waals surface area contributed by atoms with E-state index in [2.05, 4.69) is 32.9 Å². The Labute approximate surface area is 139 Å². The fourth-order valence-electron chi connectivity index (χ4n) is 1.80. The zero-order valence-electron chi connectivity index (χ0n) is 10.9. The summed E-state index contributed by atoms with van der Waals surface area (Å²) in [6.07, 6.45) is 0. The molecule has 1 N–H and O–H groups in total. The van der Waals surface area contributed by atoms with Crippen LogP contribution in [0.1, 0.15) is 0 Å². The second-order valence-electron chi connectivity index (χ2n) is 4.29. The highest BCUT2D eigenvalue weighted by molar-refractivity contribution is 14.1. The van der Waals surface area contributed by atoms with Crippen LogP contribution < -0.4 is 5.32 Å². The van der Waals surface area contributed by atoms with Gasteiger partial charge in [-0.3, -0.25) is 4.79 Å². The molecule has 0 aliphatic rings. The quantitative estimate of drug-likeness (QED) is 0.519. The molecular formula is C15H11IN2O2S. The van der Waals surface area contributed by atoms with Crippen LogP contribution in [0, 0.1) is 3.57 Å². The van der Waals surface area contributed by atoms with E-state index in [1.54, 1.807) is 0 Å². The van der Waals surface area contributed by atoms with Gasteiger partial charge in [0.25, 0.3) is 5.22 Å². The Hall–Kier alpha value is -1.54. The minimum Gasteiger partial charge on any atom is -0.431 e. The molecule has 21 heavy (non-hydrogen) atoms. The van der Waals surface area contributed by atoms with E-state index >= 15 is 0 Å². The third kappa shape index (κ3) is 3.76. The summed E-state index contributed by atoms with van der Waals surface area (Å²) < 4.78 is 6.64. The normalized spacial score (nSPS) is 10.7. The van der Waals surface area contributed by atoms with Crippen LogP contribution in [-0.4, -0.2) is 16.6 Å². The maximum atomic E-state index is 11.9. The molecule has 2 aromatic carbocycles. The summed E-state index contributed by atoms with van der Waals surface area (Å²) in [5.74, 6) is 0.183. The summed E-state index contributed by atoms with van der Waals surface area (Å²) in [5.41, 5.74) is 2.33. The van der Waals surface area contributed by atoms with Gasteiger partial charge in [-0.1, -0.05) is 30.0 Å². The lowest BCUT2D eigenvalue weighted by Crippen LogP contribution is -2.13. The summed E-state index contributed by atoms with van der Waals surface area (Å²) >= 11 is 3.50. The molecular weight excluding hydrogens is 399 g/mol. The van der Waals surface area contributed by atoms with Gasteiger partial charge in [0, 0.05) is 9.26 Å². The summed E-state index contributed by atoms with van der Waals surface area (Å²) in [6, 6.07) is 15.2. The van der Waals surface area contributed by atoms with Crippen molar-refractivity contribution in [1.82, 2.24) is 4.98 Å². The van der Waals surface area contributed by atoms with E-state index in [9.17, 15) is 4.79 Å². The van der Waals surface area contributed by atoms with Gasteiger partial charge in [-0.15, -0.1) is 0 Å². The summed E-state index contributed by atoms with van der Waals surface area (Å²) in [6.45, 7) is 0. The smallest absolute Gasteiger partial charge is 0.257 e. The van der Waals surface area contributed by atoms with Gasteiger partial charge in [-0.05, 0) is 52.9 Å². The lowest BCUT2D eigenvalue weighted by Gasteiger charge is -2.04. The number of benzene rings is 2. The van der Waals surface area contributed by atoms with Gasteiger partial charge in [0.1, 0.15) is 5.52 Å². The zero-order valence-corrected chi connectivity index (χ0v) is 13.8. The van der Waals surface area contributed by atoms with Gasteiger partial charge >= 0.3 is 0 Å². The number of anilines is 1. The number of hydrogen-bond donors (Lipinski definition) is 1. The molecule has 1 heterocycles. The second kappa shape index (κ2) is 6.48. The monoisotopic (exact) mass is 410 g/mol. The summed E-state index contributed by atoms with van der Waals surface area (Å²) in [4.78, 5) is 16.2. The maximum Gasteiger partial charge on any atom is 0.257 e. The predicted molar refractivity (Wildman–Crippen MR) is 92.5 cm³/mol. The number of thioether (sulfide) groups is 1. The van der Waals surface area contributed by atoms with Crippen molar-refractivity contribution in [2.24, 2.45) is 0 Å². The topological polar surface area (TPSA) is 55.1 Å². The number of para-hydroxylation sites is 2. The predicted octanol–water partition coefficient (Wildman–Crippen LogP) is 4.16. The fourth-order valence-corrected chi connectivity index (χ4v) is 2.98. The second-order valence-corrected chi connectivity index (χ2v) is 6.47. The maximum absolute atomic E-state index is 11.9. The number of halogens is 1. The van der Waals surface area contributed by atoms with Gasteiger partial charge in [-0.25, -0.2) is 4.98 Å². The average molecular weight is 410 g/mol. The molecule has 4 nitrogen and oxygen atoms in total. The number of oxazole rings is 1. The standard InChI is InChI=1S/C15H11IN2O2S/c16-10-4-3-5-11(8-10)17-14(19)9-21-15-18-12-6-1-2-7-13(12)20-15/h1-8H,9H2,(H,17,19). The first-order chi connectivity index (χ1) is 10.2. The zero-order chi connectivity index (χ0) is 14.7. The molecule has 106 valence electrons. The number of aromatic nitrogens is 1. The number of carbonyl (C=O) groups excluding carboxylic acids is 1. The van der Waals surface area contributed by atoms with Crippen molar-refractivity contribution in [2.75, 3.05) is 11.1 Å². The number of nitrogens with one attached hydrogen (secondary N) is 1. The van der Waals surface area contributed by atoms with Gasteiger partial charge < -0.3 is 9.73 Å². The van der Waals surface area contributed by atoms with E-state index in [1.807, 2.05) is 48.5 Å². The van der Waals surface area contributed by atoms with Crippen LogP contribution in [0.4, 0.5) is 5.69 Å². The van der Waals surface area contributed by atoms with Crippen molar-refractivity contribution in [3.05, 3.63) is 52.1 Å². The molecule has 3 rings (SSSR count). The highest BCUT2D eigenvalue weighted by Gasteiger charge is 2.09. The number of amides is 1. The van der Waals surface area contributed by atoms with Crippen LogP contribution in [0.2, 0.25) is 0 Å². The Kier molecular flexibility index (Phi) is 4.45. The molecule has 0 aliphatic heterocycles. The average Bonchev–Trinajstić information content (AvgIpc) is 2.88. The minimum absolute atomic E-state index is 0.0794. The Morgan fingerprint density at radius 1 is 1.24 bits per heavy atom. The number of carbonyl (C=O) groups is 1. The third-order valence-corrected chi connectivity index (χ3v) is 4.21. The van der Waals surface area contributed by atoms with E-state index in [0.717, 1.165) is 20.4 Å². The van der Waals surface area contributed by atoms with Crippen molar-refractivity contribution in [3.63, 3.8) is 0 Å². The molecule has 0 unspecified atom stereocenters. The molecule has 1 amide bonds. The van der Waals surface area contributed by atoms with Gasteiger partial charge in [0.15, 0.2) is 5.58 Å². The van der Waals surface area contributed by atoms with E-state index in [0.29, 0.717) is 5.22 Å². The van der Waals surface area contributed by atoms with Gasteiger partial charge in [-0.2, -0.15) is 0 Å². The van der Waals surface area contributed by atoms with Crippen molar-refractivity contribution in [1.29, 1.82) is 0 Å². The molecule has 0 aliphatic carbocycles. The van der Waals surface area contributed by atoms with E-state index < -0.39 is 0 Å². The highest BCUT2D eigenvalue weighted by Crippen LogP contribution is 2.23. The SMILES string of the molecule is O=C(CSc1nc2ccccc2o1)Nc1cccc(I)c1. The first kappa shape index (κ1) is 14.4. The third-order valence-electron chi connectivity index (χ3n) is 2.71. The van der Waals surface area contributed by atoms with Crippen LogP contribution in [-0.2, 0) is 4.79 Å². The molecule has 0 bridgehead atoms. The molecule has 0 saturated carbocycles. The van der Waals surface area contributed by atoms with Crippen molar-refractivity contribution in [2.45, 2.75) is 5.22 Å². The molecule has 6 heteroatoms. The first-order valence-electron chi connectivity index (χ1n) is 6.24. The van der Waals surface area contributed by atoms with Crippen molar-refractivity contribution >= 4 is 57.0 Å². The van der Waals surface area contributed by atoms with Crippen molar-refractivity contribution < 1.29 is 9.21 Å². The Morgan fingerprint density at radius 3 is 2.90 bits per heavy atom. The summed E-state index contributed by atoms with van der Waals surface area (Å²) in [7, 11) is 0. The molecule has 0 spiro atoms. The molecule has 0 fully saturated rings. The minimum atomic E-state index is -0.0794. The van der Waals surface area contributed by atoms with E-state index in [1.165, 1.54) is 11.8 Å². The number of fused-ring (bicyclic) bond motifs is 1. The first-order valence-corrected chi connectivity index (χ1v) is 8.31. The van der Waals surface area contributed by atoms with Crippen LogP contribution in [0.3, 0.4) is 0 Å². The van der Waals surface area contributed by atoms with Gasteiger partial charge in [0.05, 0.1) is 5.75 Å². The van der Waals surface area contributed by atoms with E-state index in [-0.39, 0.29) is 11.7 Å². The lowest BCUT2D eigenvalue weighted by atomic mass is 10.3. The lowest BCUT2D eigenvalue weighted by molar-refractivity contribution is -0.113. The molecule has 1 aromatic heterocycles. The summed E-state index contributed by atoms with van der Waals surface area (Å²) in [5, 5.41) is 3.36. The fraction of sp³-hybridized carbons (Fsp3) is 0.0667. The Morgan fingerprint density at radius 2 is 2.10 bits per heavy atom. The largest absolute Gasteiger partial charge is 0.431 e. The molecule has 3 aromatic rings. The Balaban J connectivity index is 1.60. The van der Waals surface area contributed by atoms with Gasteiger partial charge in [0.2, 0.25) is 5.91 Å². The van der Waals surface area contributed by atoms with Crippen LogP contribution in [0.25, 0.3) is 11.1 Å². The molecule has 0 radical (unpaired) electrons. The molecule has 0 saturated heterocycles. The van der Waals surface area contributed by atoms with Crippen LogP contribution in [0.15, 0.2) is 58.2 Å². The van der Waals surface area contributed by atoms with Crippen LogP contribution in [0.5, 0.6) is 0 Å². The number of hydrogen-bond acceptors (Lipinski definition) is 4. The van der Waals surface area contributed by atoms with Crippen LogP contribution >= 0.6 is 34.4 Å². The number of rotatable bonds is 4. The number of nitrogens with zero attached hydrogens (tertiary/aromatic N) is 1. The Bertz CT molecular complexity index is 755. The van der Waals surface area contributed by atoms with Crippen molar-refractivity contribution in [3.8, 4) is 0 Å². The molecule has 0 atom stereocenters. The highest BCUT2D eigenvalue weighted by atomic mass is 127. The van der Waals surface area contributed by atoms with E-state index in [4.69, 9.17) is 4.42 Å².